The number of nitro benzene ring substituents is 1. The molecule has 4 aromatic rings. The maximum atomic E-state index is 13.8. The van der Waals surface area contributed by atoms with Gasteiger partial charge in [-0.25, -0.2) is 4.98 Å². The summed E-state index contributed by atoms with van der Waals surface area (Å²) >= 11 is 2.27. The summed E-state index contributed by atoms with van der Waals surface area (Å²) in [5, 5.41) is 11.1. The summed E-state index contributed by atoms with van der Waals surface area (Å²) in [6, 6.07) is 15.9. The third-order valence-electron chi connectivity index (χ3n) is 6.85. The average molecular weight is 642 g/mol. The van der Waals surface area contributed by atoms with Crippen LogP contribution in [0.25, 0.3) is 0 Å². The Balaban J connectivity index is 1.51. The number of carbonyl (C=O) groups is 3. The van der Waals surface area contributed by atoms with E-state index in [-0.39, 0.29) is 27.9 Å². The summed E-state index contributed by atoms with van der Waals surface area (Å²) in [6.45, 7) is 3.97. The zero-order valence-corrected chi connectivity index (χ0v) is 24.6. The number of ether oxygens (including phenoxy) is 1. The van der Waals surface area contributed by atoms with Crippen LogP contribution in [-0.2, 0) is 9.59 Å². The molecule has 0 spiro atoms. The van der Waals surface area contributed by atoms with Gasteiger partial charge in [-0.2, -0.15) is 0 Å². The number of carbonyl (C=O) groups excluding carboxylic acids is 3. The van der Waals surface area contributed by atoms with Crippen LogP contribution < -0.4 is 9.64 Å². The van der Waals surface area contributed by atoms with Crippen molar-refractivity contribution in [1.29, 1.82) is 0 Å². The maximum absolute atomic E-state index is 13.8. The molecule has 1 amide bonds. The first-order valence-corrected chi connectivity index (χ1v) is 14.7. The number of non-ortho nitro benzene ring substituents is 1. The second-order valence-electron chi connectivity index (χ2n) is 10.0. The first-order valence-electron chi connectivity index (χ1n) is 13.1. The Kier molecular flexibility index (Phi) is 8.57. The van der Waals surface area contributed by atoms with Crippen LogP contribution in [0.15, 0.2) is 88.1 Å². The average Bonchev–Trinajstić information content (AvgIpc) is 3.54. The molecule has 1 saturated heterocycles. The smallest absolute Gasteiger partial charge is 0.406 e. The van der Waals surface area contributed by atoms with Gasteiger partial charge < -0.3 is 4.74 Å². The van der Waals surface area contributed by atoms with E-state index in [9.17, 15) is 37.7 Å². The molecule has 0 bridgehead atoms. The second-order valence-corrected chi connectivity index (χ2v) is 12.4. The Bertz CT molecular complexity index is 1720. The second kappa shape index (κ2) is 12.2. The molecule has 0 saturated carbocycles. The normalized spacial score (nSPS) is 16.9. The number of nitrogens with zero attached hydrogens (tertiary/aromatic N) is 3. The van der Waals surface area contributed by atoms with Crippen molar-refractivity contribution in [3.8, 4) is 5.75 Å². The molecule has 14 heteroatoms. The first-order chi connectivity index (χ1) is 20.8. The molecule has 0 N–H and O–H groups in total. The predicted molar refractivity (Wildman–Crippen MR) is 156 cm³/mol. The van der Waals surface area contributed by atoms with Gasteiger partial charge >= 0.3 is 6.36 Å². The number of halogens is 3. The molecule has 0 radical (unpaired) electrons. The lowest BCUT2D eigenvalue weighted by molar-refractivity contribution is -0.384. The summed E-state index contributed by atoms with van der Waals surface area (Å²) < 4.78 is 42.9. The van der Waals surface area contributed by atoms with Gasteiger partial charge in [0, 0.05) is 22.6 Å². The van der Waals surface area contributed by atoms with E-state index in [0.29, 0.717) is 9.10 Å². The van der Waals surface area contributed by atoms with Gasteiger partial charge in [-0.05, 0) is 41.3 Å². The highest BCUT2D eigenvalue weighted by Crippen LogP contribution is 2.45. The molecule has 2 atom stereocenters. The molecule has 5 rings (SSSR count). The Hall–Kier alpha value is -4.56. The van der Waals surface area contributed by atoms with Gasteiger partial charge in [0.25, 0.3) is 11.6 Å². The van der Waals surface area contributed by atoms with E-state index in [1.165, 1.54) is 42.2 Å². The van der Waals surface area contributed by atoms with Gasteiger partial charge in [-0.1, -0.05) is 73.3 Å². The molecule has 1 aliphatic heterocycles. The Morgan fingerprint density at radius 2 is 1.66 bits per heavy atom. The van der Waals surface area contributed by atoms with Crippen LogP contribution in [0.2, 0.25) is 0 Å². The molecule has 2 unspecified atom stereocenters. The summed E-state index contributed by atoms with van der Waals surface area (Å²) in [6.07, 6.45) is -3.47. The zero-order valence-electron chi connectivity index (χ0n) is 23.0. The first kappa shape index (κ1) is 30.9. The van der Waals surface area contributed by atoms with Gasteiger partial charge in [-0.15, -0.1) is 13.2 Å². The molecule has 3 aromatic carbocycles. The molecule has 0 aliphatic carbocycles. The summed E-state index contributed by atoms with van der Waals surface area (Å²) in [5.74, 6) is -4.37. The highest BCUT2D eigenvalue weighted by atomic mass is 32.2. The van der Waals surface area contributed by atoms with Gasteiger partial charge in [-0.3, -0.25) is 29.4 Å². The van der Waals surface area contributed by atoms with Gasteiger partial charge in [0.1, 0.15) is 11.7 Å². The van der Waals surface area contributed by atoms with E-state index in [1.54, 1.807) is 36.4 Å². The number of benzene rings is 3. The Morgan fingerprint density at radius 3 is 2.23 bits per heavy atom. The standard InChI is InChI=1S/C30H22F3N3O6S2/c1-16(2)17-3-5-19(6-4-17)26(37)24-25(18-7-11-21(12-8-18)42-30(31,32)33)35(28(39)27(24)38)29-34-15-23(44-29)43-22-13-9-20(10-14-22)36(40)41/h3-16,24-25H,1-2H3. The lowest BCUT2D eigenvalue weighted by Crippen LogP contribution is -2.30. The minimum absolute atomic E-state index is 0.0791. The van der Waals surface area contributed by atoms with Crippen molar-refractivity contribution in [2.75, 3.05) is 4.90 Å². The van der Waals surface area contributed by atoms with E-state index < -0.39 is 46.5 Å². The topological polar surface area (TPSA) is 120 Å². The van der Waals surface area contributed by atoms with Crippen molar-refractivity contribution in [1.82, 2.24) is 4.98 Å². The number of nitro groups is 1. The minimum Gasteiger partial charge on any atom is -0.406 e. The van der Waals surface area contributed by atoms with E-state index in [0.717, 1.165) is 33.9 Å². The molecule has 1 aromatic heterocycles. The number of ketones is 2. The summed E-state index contributed by atoms with van der Waals surface area (Å²) in [4.78, 5) is 57.2. The molecule has 9 nitrogen and oxygen atoms in total. The van der Waals surface area contributed by atoms with Crippen LogP contribution in [0, 0.1) is 16.0 Å². The fourth-order valence-corrected chi connectivity index (χ4v) is 6.69. The fraction of sp³-hybridized carbons (Fsp3) is 0.200. The number of rotatable bonds is 9. The minimum atomic E-state index is -4.92. The van der Waals surface area contributed by atoms with Crippen LogP contribution in [0.1, 0.15) is 47.3 Å². The summed E-state index contributed by atoms with van der Waals surface area (Å²) in [7, 11) is 0. The highest BCUT2D eigenvalue weighted by molar-refractivity contribution is 8.01. The van der Waals surface area contributed by atoms with Crippen LogP contribution in [0.3, 0.4) is 0 Å². The highest BCUT2D eigenvalue weighted by Gasteiger charge is 2.53. The Morgan fingerprint density at radius 1 is 1.02 bits per heavy atom. The largest absolute Gasteiger partial charge is 0.573 e. The van der Waals surface area contributed by atoms with Crippen LogP contribution in [-0.4, -0.2) is 33.7 Å². The van der Waals surface area contributed by atoms with Crippen LogP contribution in [0.4, 0.5) is 24.0 Å². The maximum Gasteiger partial charge on any atom is 0.573 e. The third-order valence-corrected chi connectivity index (χ3v) is 8.96. The Labute approximate surface area is 256 Å². The number of hydrogen-bond acceptors (Lipinski definition) is 9. The molecule has 2 heterocycles. The number of anilines is 1. The van der Waals surface area contributed by atoms with Crippen molar-refractivity contribution in [3.05, 3.63) is 106 Å². The van der Waals surface area contributed by atoms with Crippen molar-refractivity contribution < 1.29 is 37.2 Å². The quantitative estimate of drug-likeness (QED) is 0.0611. The number of Topliss-reactive ketones (excluding diaryl/α,β-unsaturated/α-hetero) is 2. The van der Waals surface area contributed by atoms with Gasteiger partial charge in [0.05, 0.1) is 21.4 Å². The van der Waals surface area contributed by atoms with Gasteiger partial charge in [0.2, 0.25) is 5.78 Å². The number of hydrogen-bond donors (Lipinski definition) is 0. The van der Waals surface area contributed by atoms with Gasteiger partial charge in [0.15, 0.2) is 10.9 Å². The van der Waals surface area contributed by atoms with E-state index in [1.807, 2.05) is 13.8 Å². The van der Waals surface area contributed by atoms with E-state index in [2.05, 4.69) is 9.72 Å². The lowest BCUT2D eigenvalue weighted by Gasteiger charge is -2.25. The number of thiazole rings is 1. The van der Waals surface area contributed by atoms with E-state index in [4.69, 9.17) is 0 Å². The number of aromatic nitrogens is 1. The van der Waals surface area contributed by atoms with Crippen molar-refractivity contribution in [3.63, 3.8) is 0 Å². The van der Waals surface area contributed by atoms with Crippen LogP contribution >= 0.6 is 23.1 Å². The van der Waals surface area contributed by atoms with Crippen molar-refractivity contribution >= 4 is 51.4 Å². The van der Waals surface area contributed by atoms with Crippen molar-refractivity contribution in [2.24, 2.45) is 5.92 Å². The molecular formula is C30H22F3N3O6S2. The molecule has 1 fully saturated rings. The SMILES string of the molecule is CC(C)c1ccc(C(=O)C2C(=O)C(=O)N(c3ncc(Sc4ccc([N+](=O)[O-])cc4)s3)C2c2ccc(OC(F)(F)F)cc2)cc1. The monoisotopic (exact) mass is 641 g/mol. The third kappa shape index (κ3) is 6.50. The molecule has 1 aliphatic rings. The number of amides is 1. The molecule has 44 heavy (non-hydrogen) atoms. The molecular weight excluding hydrogens is 619 g/mol. The molecule has 226 valence electrons. The zero-order chi connectivity index (χ0) is 31.8. The lowest BCUT2D eigenvalue weighted by atomic mass is 9.86. The fourth-order valence-electron chi connectivity index (χ4n) is 4.72. The predicted octanol–water partition coefficient (Wildman–Crippen LogP) is 7.38. The van der Waals surface area contributed by atoms with Crippen LogP contribution in [0.5, 0.6) is 5.75 Å². The van der Waals surface area contributed by atoms with Crippen molar-refractivity contribution in [2.45, 2.75) is 41.3 Å². The number of alkyl halides is 3. The van der Waals surface area contributed by atoms with E-state index >= 15 is 0 Å². The summed E-state index contributed by atoms with van der Waals surface area (Å²) in [5.41, 5.74) is 1.33.